The van der Waals surface area contributed by atoms with Crippen LogP contribution >= 0.6 is 0 Å². The Morgan fingerprint density at radius 1 is 1.07 bits per heavy atom. The predicted octanol–water partition coefficient (Wildman–Crippen LogP) is 2.71. The molecule has 2 heteroatoms. The van der Waals surface area contributed by atoms with Crippen molar-refractivity contribution in [2.45, 2.75) is 71.4 Å². The Balaban J connectivity index is 3.14. The fourth-order valence-corrected chi connectivity index (χ4v) is 1.55. The largest absolute Gasteiger partial charge is 0.393 e. The van der Waals surface area contributed by atoms with Gasteiger partial charge in [-0.25, -0.2) is 0 Å². The van der Waals surface area contributed by atoms with Gasteiger partial charge in [-0.05, 0) is 39.7 Å². The number of nitrogens with one attached hydrogen (secondary N) is 1. The Hall–Kier alpha value is -0.0800. The van der Waals surface area contributed by atoms with E-state index in [4.69, 9.17) is 5.11 Å². The van der Waals surface area contributed by atoms with Crippen molar-refractivity contribution in [2.75, 3.05) is 6.54 Å². The highest BCUT2D eigenvalue weighted by molar-refractivity contribution is 4.61. The lowest BCUT2D eigenvalue weighted by Gasteiger charge is -2.13. The number of hydrogen-bond acceptors (Lipinski definition) is 2. The normalized spacial score (nSPS) is 15.4. The maximum Gasteiger partial charge on any atom is 0.0512 e. The van der Waals surface area contributed by atoms with E-state index in [0.717, 1.165) is 19.4 Å². The first-order chi connectivity index (χ1) is 6.66. The van der Waals surface area contributed by atoms with Crippen molar-refractivity contribution in [3.05, 3.63) is 0 Å². The zero-order valence-corrected chi connectivity index (χ0v) is 10.1. The van der Waals surface area contributed by atoms with E-state index in [1.165, 1.54) is 25.7 Å². The van der Waals surface area contributed by atoms with Crippen molar-refractivity contribution in [1.29, 1.82) is 0 Å². The summed E-state index contributed by atoms with van der Waals surface area (Å²) in [5.74, 6) is 0. The summed E-state index contributed by atoms with van der Waals surface area (Å²) >= 11 is 0. The summed E-state index contributed by atoms with van der Waals surface area (Å²) in [4.78, 5) is 0. The number of aliphatic hydroxyl groups is 1. The van der Waals surface area contributed by atoms with Gasteiger partial charge in [-0.1, -0.05) is 26.2 Å². The standard InChI is InChI=1S/C12H27NO/c1-4-5-6-8-11(2)13-10-7-9-12(3)14/h11-14H,4-10H2,1-3H3. The topological polar surface area (TPSA) is 32.3 Å². The molecular formula is C12H27NO. The molecule has 0 radical (unpaired) electrons. The van der Waals surface area contributed by atoms with Crippen molar-refractivity contribution >= 4 is 0 Å². The van der Waals surface area contributed by atoms with E-state index in [9.17, 15) is 0 Å². The number of hydrogen-bond donors (Lipinski definition) is 2. The molecule has 0 aliphatic heterocycles. The monoisotopic (exact) mass is 201 g/mol. The van der Waals surface area contributed by atoms with E-state index in [-0.39, 0.29) is 6.10 Å². The van der Waals surface area contributed by atoms with E-state index in [1.807, 2.05) is 6.92 Å². The molecule has 0 aromatic rings. The van der Waals surface area contributed by atoms with Crippen LogP contribution in [0.2, 0.25) is 0 Å². The van der Waals surface area contributed by atoms with Crippen molar-refractivity contribution < 1.29 is 5.11 Å². The first-order valence-electron chi connectivity index (χ1n) is 6.08. The van der Waals surface area contributed by atoms with E-state index in [1.54, 1.807) is 0 Å². The number of aliphatic hydroxyl groups excluding tert-OH is 1. The second-order valence-electron chi connectivity index (χ2n) is 4.34. The molecule has 2 nitrogen and oxygen atoms in total. The lowest BCUT2D eigenvalue weighted by atomic mass is 10.1. The molecule has 2 atom stereocenters. The first kappa shape index (κ1) is 13.9. The molecule has 86 valence electrons. The molecule has 0 saturated carbocycles. The molecule has 0 rings (SSSR count). The first-order valence-corrected chi connectivity index (χ1v) is 6.08. The third kappa shape index (κ3) is 10.0. The summed E-state index contributed by atoms with van der Waals surface area (Å²) in [5.41, 5.74) is 0. The Labute approximate surface area is 89.1 Å². The van der Waals surface area contributed by atoms with Crippen molar-refractivity contribution in [3.63, 3.8) is 0 Å². The van der Waals surface area contributed by atoms with Gasteiger partial charge in [0, 0.05) is 6.04 Å². The Kier molecular flexibility index (Phi) is 9.42. The second-order valence-corrected chi connectivity index (χ2v) is 4.34. The molecule has 0 spiro atoms. The van der Waals surface area contributed by atoms with Crippen LogP contribution in [-0.2, 0) is 0 Å². The van der Waals surface area contributed by atoms with Crippen LogP contribution in [0.4, 0.5) is 0 Å². The van der Waals surface area contributed by atoms with Gasteiger partial charge in [0.05, 0.1) is 6.10 Å². The molecule has 0 amide bonds. The zero-order valence-electron chi connectivity index (χ0n) is 10.1. The van der Waals surface area contributed by atoms with Gasteiger partial charge in [0.25, 0.3) is 0 Å². The van der Waals surface area contributed by atoms with Gasteiger partial charge in [-0.3, -0.25) is 0 Å². The molecule has 0 heterocycles. The van der Waals surface area contributed by atoms with Crippen molar-refractivity contribution in [2.24, 2.45) is 0 Å². The number of unbranched alkanes of at least 4 members (excludes halogenated alkanes) is 2. The van der Waals surface area contributed by atoms with Crippen LogP contribution in [0.5, 0.6) is 0 Å². The fraction of sp³-hybridized carbons (Fsp3) is 1.00. The van der Waals surface area contributed by atoms with Gasteiger partial charge in [-0.2, -0.15) is 0 Å². The van der Waals surface area contributed by atoms with Crippen LogP contribution in [0.3, 0.4) is 0 Å². The van der Waals surface area contributed by atoms with Crippen molar-refractivity contribution in [3.8, 4) is 0 Å². The molecule has 2 unspecified atom stereocenters. The van der Waals surface area contributed by atoms with Crippen LogP contribution in [0.15, 0.2) is 0 Å². The van der Waals surface area contributed by atoms with Gasteiger partial charge in [-0.15, -0.1) is 0 Å². The Morgan fingerprint density at radius 3 is 2.36 bits per heavy atom. The predicted molar refractivity (Wildman–Crippen MR) is 62.5 cm³/mol. The van der Waals surface area contributed by atoms with Crippen LogP contribution < -0.4 is 5.32 Å². The summed E-state index contributed by atoms with van der Waals surface area (Å²) in [6.07, 6.45) is 7.11. The minimum Gasteiger partial charge on any atom is -0.393 e. The summed E-state index contributed by atoms with van der Waals surface area (Å²) in [5, 5.41) is 12.5. The third-order valence-electron chi connectivity index (χ3n) is 2.53. The molecular weight excluding hydrogens is 174 g/mol. The highest BCUT2D eigenvalue weighted by Gasteiger charge is 2.00. The summed E-state index contributed by atoms with van der Waals surface area (Å²) < 4.78 is 0. The van der Waals surface area contributed by atoms with Crippen LogP contribution in [-0.4, -0.2) is 23.8 Å². The van der Waals surface area contributed by atoms with Gasteiger partial charge in [0.1, 0.15) is 0 Å². The molecule has 0 aliphatic carbocycles. The third-order valence-corrected chi connectivity index (χ3v) is 2.53. The highest BCUT2D eigenvalue weighted by Crippen LogP contribution is 2.03. The van der Waals surface area contributed by atoms with Crippen LogP contribution in [0.25, 0.3) is 0 Å². The van der Waals surface area contributed by atoms with Crippen LogP contribution in [0, 0.1) is 0 Å². The lowest BCUT2D eigenvalue weighted by molar-refractivity contribution is 0.181. The Morgan fingerprint density at radius 2 is 1.79 bits per heavy atom. The molecule has 0 saturated heterocycles. The summed E-state index contributed by atoms with van der Waals surface area (Å²) in [7, 11) is 0. The van der Waals surface area contributed by atoms with E-state index >= 15 is 0 Å². The molecule has 0 aromatic heterocycles. The smallest absolute Gasteiger partial charge is 0.0512 e. The van der Waals surface area contributed by atoms with Gasteiger partial charge in [0.2, 0.25) is 0 Å². The molecule has 0 aliphatic rings. The van der Waals surface area contributed by atoms with Crippen molar-refractivity contribution in [1.82, 2.24) is 5.32 Å². The fourth-order valence-electron chi connectivity index (χ4n) is 1.55. The molecule has 2 N–H and O–H groups in total. The van der Waals surface area contributed by atoms with Crippen LogP contribution in [0.1, 0.15) is 59.3 Å². The maximum absolute atomic E-state index is 9.06. The Bertz CT molecular complexity index is 115. The molecule has 14 heavy (non-hydrogen) atoms. The average molecular weight is 201 g/mol. The summed E-state index contributed by atoms with van der Waals surface area (Å²) in [6.45, 7) is 7.38. The highest BCUT2D eigenvalue weighted by atomic mass is 16.3. The number of rotatable bonds is 9. The molecule has 0 aromatic carbocycles. The quantitative estimate of drug-likeness (QED) is 0.562. The second kappa shape index (κ2) is 9.47. The van der Waals surface area contributed by atoms with E-state index in [2.05, 4.69) is 19.2 Å². The van der Waals surface area contributed by atoms with E-state index < -0.39 is 0 Å². The van der Waals surface area contributed by atoms with Gasteiger partial charge < -0.3 is 10.4 Å². The average Bonchev–Trinajstić information content (AvgIpc) is 2.13. The minimum atomic E-state index is -0.146. The maximum atomic E-state index is 9.06. The lowest BCUT2D eigenvalue weighted by Crippen LogP contribution is -2.27. The molecule has 0 bridgehead atoms. The van der Waals surface area contributed by atoms with E-state index in [0.29, 0.717) is 6.04 Å². The van der Waals surface area contributed by atoms with Gasteiger partial charge >= 0.3 is 0 Å². The molecule has 0 fully saturated rings. The minimum absolute atomic E-state index is 0.146. The summed E-state index contributed by atoms with van der Waals surface area (Å²) in [6, 6.07) is 0.635. The SMILES string of the molecule is CCCCCC(C)NCCCC(C)O. The van der Waals surface area contributed by atoms with Gasteiger partial charge in [0.15, 0.2) is 0 Å². The zero-order chi connectivity index (χ0) is 10.8.